The summed E-state index contributed by atoms with van der Waals surface area (Å²) in [6.07, 6.45) is 1.16. The number of aliphatic hydroxyl groups is 1. The number of hydroxylamine groups is 1. The first-order valence-corrected chi connectivity index (χ1v) is 3.49. The Morgan fingerprint density at radius 2 is 2.33 bits per heavy atom. The van der Waals surface area contributed by atoms with Crippen molar-refractivity contribution in [2.24, 2.45) is 4.99 Å². The van der Waals surface area contributed by atoms with E-state index in [1.54, 1.807) is 29.7 Å². The smallest absolute Gasteiger partial charge is 0.113 e. The maximum Gasteiger partial charge on any atom is 0.113 e. The van der Waals surface area contributed by atoms with Crippen LogP contribution in [-0.4, -0.2) is 16.7 Å². The quantitative estimate of drug-likeness (QED) is 0.354. The van der Waals surface area contributed by atoms with Crippen molar-refractivity contribution >= 4 is 12.0 Å². The molecule has 0 bridgehead atoms. The van der Waals surface area contributed by atoms with Crippen LogP contribution >= 0.6 is 0 Å². The molecule has 0 fully saturated rings. The topological polar surface area (TPSA) is 64.9 Å². The fourth-order valence-corrected chi connectivity index (χ4v) is 0.839. The molecule has 0 atom stereocenters. The van der Waals surface area contributed by atoms with Gasteiger partial charge >= 0.3 is 0 Å². The molecule has 0 radical (unpaired) electrons. The predicted molar refractivity (Wildman–Crippen MR) is 45.4 cm³/mol. The third kappa shape index (κ3) is 2.34. The van der Waals surface area contributed by atoms with E-state index in [9.17, 15) is 0 Å². The van der Waals surface area contributed by atoms with Gasteiger partial charge in [-0.3, -0.25) is 10.7 Å². The van der Waals surface area contributed by atoms with E-state index in [0.29, 0.717) is 5.69 Å². The first-order valence-electron chi connectivity index (χ1n) is 3.49. The Bertz CT molecular complexity index is 274. The van der Waals surface area contributed by atoms with Gasteiger partial charge in [0.05, 0.1) is 12.3 Å². The minimum absolute atomic E-state index is 0.00405. The molecule has 4 heteroatoms. The van der Waals surface area contributed by atoms with Gasteiger partial charge in [-0.25, -0.2) is 4.99 Å². The summed E-state index contributed by atoms with van der Waals surface area (Å²) in [4.78, 5) is 3.84. The van der Waals surface area contributed by atoms with E-state index in [-0.39, 0.29) is 6.61 Å². The van der Waals surface area contributed by atoms with Crippen molar-refractivity contribution in [3.63, 3.8) is 0 Å². The summed E-state index contributed by atoms with van der Waals surface area (Å²) in [5.74, 6) is 0. The van der Waals surface area contributed by atoms with Crippen LogP contribution in [0.1, 0.15) is 5.56 Å². The molecular formula is C8H10N2O2. The highest BCUT2D eigenvalue weighted by Gasteiger charge is 1.90. The zero-order valence-electron chi connectivity index (χ0n) is 6.44. The Morgan fingerprint density at radius 3 is 3.00 bits per heavy atom. The Hall–Kier alpha value is -1.39. The van der Waals surface area contributed by atoms with E-state index in [0.717, 1.165) is 11.9 Å². The second kappa shape index (κ2) is 4.48. The highest BCUT2D eigenvalue weighted by Crippen LogP contribution is 2.12. The largest absolute Gasteiger partial charge is 0.392 e. The number of aliphatic imine (C=N–C) groups is 1. The number of aliphatic hydroxyl groups excluding tert-OH is 1. The van der Waals surface area contributed by atoms with Gasteiger partial charge in [-0.1, -0.05) is 12.1 Å². The molecule has 0 amide bonds. The third-order valence-electron chi connectivity index (χ3n) is 1.36. The Morgan fingerprint density at radius 1 is 1.50 bits per heavy atom. The van der Waals surface area contributed by atoms with Gasteiger partial charge in [0.25, 0.3) is 0 Å². The van der Waals surface area contributed by atoms with Crippen molar-refractivity contribution in [2.75, 3.05) is 0 Å². The average Bonchev–Trinajstić information content (AvgIpc) is 2.15. The molecule has 12 heavy (non-hydrogen) atoms. The second-order valence-corrected chi connectivity index (χ2v) is 2.22. The lowest BCUT2D eigenvalue weighted by Crippen LogP contribution is -2.00. The zero-order valence-corrected chi connectivity index (χ0v) is 6.44. The summed E-state index contributed by atoms with van der Waals surface area (Å²) in [6, 6.07) is 7.09. The first-order chi connectivity index (χ1) is 5.86. The Kier molecular flexibility index (Phi) is 3.25. The molecule has 4 nitrogen and oxygen atoms in total. The molecule has 1 rings (SSSR count). The molecule has 0 saturated carbocycles. The lowest BCUT2D eigenvalue weighted by Gasteiger charge is -1.96. The standard InChI is InChI=1S/C8H10N2O2/c11-5-7-2-1-3-8(4-7)9-6-10-12/h1-4,6,11-12H,5H2,(H,9,10). The summed E-state index contributed by atoms with van der Waals surface area (Å²) < 4.78 is 0. The third-order valence-corrected chi connectivity index (χ3v) is 1.36. The molecule has 0 heterocycles. The van der Waals surface area contributed by atoms with Gasteiger partial charge in [0.2, 0.25) is 0 Å². The van der Waals surface area contributed by atoms with E-state index in [1.165, 1.54) is 0 Å². The number of hydrogen-bond donors (Lipinski definition) is 3. The fraction of sp³-hybridized carbons (Fsp3) is 0.125. The second-order valence-electron chi connectivity index (χ2n) is 2.22. The normalized spacial score (nSPS) is 10.5. The van der Waals surface area contributed by atoms with Gasteiger partial charge in [0.1, 0.15) is 6.34 Å². The molecule has 0 saturated heterocycles. The monoisotopic (exact) mass is 166 g/mol. The van der Waals surface area contributed by atoms with Crippen LogP contribution in [0.25, 0.3) is 0 Å². The number of hydrogen-bond acceptors (Lipinski definition) is 3. The molecule has 0 aliphatic carbocycles. The summed E-state index contributed by atoms with van der Waals surface area (Å²) in [6.45, 7) is -0.00405. The van der Waals surface area contributed by atoms with E-state index in [1.807, 2.05) is 0 Å². The number of nitrogens with zero attached hydrogens (tertiary/aromatic N) is 1. The number of nitrogens with one attached hydrogen (secondary N) is 1. The molecule has 0 unspecified atom stereocenters. The predicted octanol–water partition coefficient (Wildman–Crippen LogP) is 0.817. The van der Waals surface area contributed by atoms with Gasteiger partial charge < -0.3 is 5.11 Å². The first kappa shape index (κ1) is 8.70. The number of rotatable bonds is 3. The van der Waals surface area contributed by atoms with Crippen LogP contribution in [0.2, 0.25) is 0 Å². The molecule has 0 aliphatic heterocycles. The van der Waals surface area contributed by atoms with E-state index in [4.69, 9.17) is 10.3 Å². The minimum atomic E-state index is -0.00405. The van der Waals surface area contributed by atoms with Gasteiger partial charge in [-0.15, -0.1) is 0 Å². The summed E-state index contributed by atoms with van der Waals surface area (Å²) in [7, 11) is 0. The maximum atomic E-state index is 8.77. The summed E-state index contributed by atoms with van der Waals surface area (Å²) >= 11 is 0. The van der Waals surface area contributed by atoms with Crippen LogP contribution in [0.15, 0.2) is 29.3 Å². The van der Waals surface area contributed by atoms with Crippen molar-refractivity contribution in [3.05, 3.63) is 29.8 Å². The van der Waals surface area contributed by atoms with Crippen molar-refractivity contribution in [1.29, 1.82) is 0 Å². The molecule has 0 spiro atoms. The van der Waals surface area contributed by atoms with E-state index < -0.39 is 0 Å². The van der Waals surface area contributed by atoms with Crippen molar-refractivity contribution in [3.8, 4) is 0 Å². The van der Waals surface area contributed by atoms with E-state index >= 15 is 0 Å². The van der Waals surface area contributed by atoms with Crippen LogP contribution in [0, 0.1) is 0 Å². The SMILES string of the molecule is OCc1cccc(N=CNO)c1. The zero-order chi connectivity index (χ0) is 8.81. The Labute approximate surface area is 70.1 Å². The van der Waals surface area contributed by atoms with Gasteiger partial charge in [0.15, 0.2) is 0 Å². The Balaban J connectivity index is 2.79. The number of benzene rings is 1. The van der Waals surface area contributed by atoms with Crippen LogP contribution < -0.4 is 5.48 Å². The van der Waals surface area contributed by atoms with Crippen molar-refractivity contribution < 1.29 is 10.3 Å². The van der Waals surface area contributed by atoms with E-state index in [2.05, 4.69) is 4.99 Å². The molecule has 1 aromatic rings. The molecule has 0 aromatic heterocycles. The molecule has 3 N–H and O–H groups in total. The summed E-state index contributed by atoms with van der Waals surface area (Å²) in [5.41, 5.74) is 3.28. The van der Waals surface area contributed by atoms with Crippen molar-refractivity contribution in [1.82, 2.24) is 5.48 Å². The fourth-order valence-electron chi connectivity index (χ4n) is 0.839. The average molecular weight is 166 g/mol. The van der Waals surface area contributed by atoms with Gasteiger partial charge in [-0.05, 0) is 17.7 Å². The maximum absolute atomic E-state index is 8.77. The summed E-state index contributed by atoms with van der Waals surface area (Å²) in [5, 5.41) is 17.0. The van der Waals surface area contributed by atoms with Gasteiger partial charge in [0, 0.05) is 0 Å². The van der Waals surface area contributed by atoms with Gasteiger partial charge in [-0.2, -0.15) is 0 Å². The van der Waals surface area contributed by atoms with Crippen LogP contribution in [0.4, 0.5) is 5.69 Å². The molecule has 1 aromatic carbocycles. The van der Waals surface area contributed by atoms with Crippen LogP contribution in [0.3, 0.4) is 0 Å². The van der Waals surface area contributed by atoms with Crippen LogP contribution in [0.5, 0.6) is 0 Å². The molecule has 0 aliphatic rings. The van der Waals surface area contributed by atoms with Crippen molar-refractivity contribution in [2.45, 2.75) is 6.61 Å². The molecule has 64 valence electrons. The lowest BCUT2D eigenvalue weighted by molar-refractivity contribution is 0.240. The highest BCUT2D eigenvalue weighted by atomic mass is 16.5. The van der Waals surface area contributed by atoms with Crippen LogP contribution in [-0.2, 0) is 6.61 Å². The lowest BCUT2D eigenvalue weighted by atomic mass is 10.2. The highest BCUT2D eigenvalue weighted by molar-refractivity contribution is 5.59. The minimum Gasteiger partial charge on any atom is -0.392 e. The molecular weight excluding hydrogens is 156 g/mol.